The molecule has 0 aliphatic heterocycles. The van der Waals surface area contributed by atoms with Crippen LogP contribution in [0.2, 0.25) is 0 Å². The zero-order valence-corrected chi connectivity index (χ0v) is 18.1. The predicted octanol–water partition coefficient (Wildman–Crippen LogP) is 3.60. The molecule has 0 aliphatic rings. The number of carboxylic acid groups (broad SMARTS) is 1. The number of carboxylic acids is 1. The van der Waals surface area contributed by atoms with Crippen molar-refractivity contribution in [1.82, 2.24) is 13.7 Å². The lowest BCUT2D eigenvalue weighted by Gasteiger charge is -2.14. The van der Waals surface area contributed by atoms with Crippen LogP contribution in [0.4, 0.5) is 0 Å². The van der Waals surface area contributed by atoms with Crippen LogP contribution >= 0.6 is 0 Å². The lowest BCUT2D eigenvalue weighted by atomic mass is 10.1. The van der Waals surface area contributed by atoms with Crippen molar-refractivity contribution in [1.29, 1.82) is 0 Å². The van der Waals surface area contributed by atoms with Gasteiger partial charge in [-0.2, -0.15) is 0 Å². The first-order valence-corrected chi connectivity index (χ1v) is 10.6. The zero-order chi connectivity index (χ0) is 22.8. The summed E-state index contributed by atoms with van der Waals surface area (Å²) in [5, 5.41) is 10.7. The Morgan fingerprint density at radius 3 is 2.53 bits per heavy atom. The maximum Gasteiger partial charge on any atom is 0.332 e. The summed E-state index contributed by atoms with van der Waals surface area (Å²) in [5.41, 5.74) is 1.90. The molecule has 7 nitrogen and oxygen atoms in total. The minimum atomic E-state index is -1.24. The van der Waals surface area contributed by atoms with Crippen molar-refractivity contribution in [2.45, 2.75) is 32.9 Å². The van der Waals surface area contributed by atoms with Gasteiger partial charge in [-0.25, -0.2) is 9.36 Å². The van der Waals surface area contributed by atoms with Crippen molar-refractivity contribution in [2.24, 2.45) is 7.05 Å². The second-order valence-electron chi connectivity index (χ2n) is 7.87. The van der Waals surface area contributed by atoms with Gasteiger partial charge in [0, 0.05) is 24.1 Å². The molecule has 0 unspecified atom stereocenters. The molecule has 0 spiro atoms. The molecule has 2 heterocycles. The quantitative estimate of drug-likeness (QED) is 0.484. The van der Waals surface area contributed by atoms with Crippen molar-refractivity contribution in [3.05, 3.63) is 86.7 Å². The Hall–Kier alpha value is -3.87. The minimum absolute atomic E-state index is 0.221. The molecule has 7 heteroatoms. The van der Waals surface area contributed by atoms with Gasteiger partial charge in [0.2, 0.25) is 0 Å². The Balaban J connectivity index is 2.00. The van der Waals surface area contributed by atoms with Crippen molar-refractivity contribution >= 4 is 33.9 Å². The fourth-order valence-corrected chi connectivity index (χ4v) is 4.15. The molecule has 0 atom stereocenters. The number of aryl methyl sites for hydroxylation is 1. The normalized spacial score (nSPS) is 11.7. The Labute approximate surface area is 184 Å². The number of rotatable bonds is 7. The number of aromatic nitrogens is 3. The molecule has 1 N–H and O–H groups in total. The molecule has 0 bridgehead atoms. The van der Waals surface area contributed by atoms with Gasteiger partial charge in [-0.05, 0) is 29.7 Å². The van der Waals surface area contributed by atoms with Crippen LogP contribution in [0.5, 0.6) is 0 Å². The highest BCUT2D eigenvalue weighted by Gasteiger charge is 2.18. The van der Waals surface area contributed by atoms with Gasteiger partial charge in [0.25, 0.3) is 5.56 Å². The second-order valence-corrected chi connectivity index (χ2v) is 7.87. The molecule has 4 aromatic rings. The van der Waals surface area contributed by atoms with E-state index < -0.39 is 23.8 Å². The highest BCUT2D eigenvalue weighted by molar-refractivity contribution is 5.88. The minimum Gasteiger partial charge on any atom is -0.480 e. The van der Waals surface area contributed by atoms with Crippen LogP contribution in [0.25, 0.3) is 27.9 Å². The van der Waals surface area contributed by atoms with Crippen LogP contribution in [0.1, 0.15) is 30.9 Å². The lowest BCUT2D eigenvalue weighted by molar-refractivity contribution is -0.137. The second kappa shape index (κ2) is 8.70. The van der Waals surface area contributed by atoms with E-state index in [2.05, 4.69) is 6.92 Å². The molecule has 4 rings (SSSR count). The number of fused-ring (bicyclic) bond motifs is 2. The summed E-state index contributed by atoms with van der Waals surface area (Å²) < 4.78 is 4.30. The van der Waals surface area contributed by atoms with Gasteiger partial charge in [0.05, 0.1) is 17.4 Å². The smallest absolute Gasteiger partial charge is 0.332 e. The lowest BCUT2D eigenvalue weighted by Crippen LogP contribution is -2.42. The highest BCUT2D eigenvalue weighted by Crippen LogP contribution is 2.23. The van der Waals surface area contributed by atoms with E-state index in [1.807, 2.05) is 66.4 Å². The van der Waals surface area contributed by atoms with E-state index in [4.69, 9.17) is 0 Å². The van der Waals surface area contributed by atoms with Crippen LogP contribution in [0.3, 0.4) is 0 Å². The molecule has 164 valence electrons. The average molecular weight is 431 g/mol. The number of carbonyl (C=O) groups is 1. The molecule has 2 aromatic heterocycles. The predicted molar refractivity (Wildman–Crippen MR) is 126 cm³/mol. The molecule has 2 aromatic carbocycles. The summed E-state index contributed by atoms with van der Waals surface area (Å²) in [7, 11) is 1.94. The van der Waals surface area contributed by atoms with Gasteiger partial charge in [-0.15, -0.1) is 0 Å². The maximum atomic E-state index is 13.3. The van der Waals surface area contributed by atoms with Gasteiger partial charge in [0.15, 0.2) is 0 Å². The number of nitrogens with zero attached hydrogens (tertiary/aromatic N) is 3. The molecule has 0 aliphatic carbocycles. The van der Waals surface area contributed by atoms with E-state index in [1.165, 1.54) is 4.57 Å². The first-order chi connectivity index (χ1) is 15.4. The third kappa shape index (κ3) is 3.77. The average Bonchev–Trinajstić information content (AvgIpc) is 3.09. The van der Waals surface area contributed by atoms with Crippen molar-refractivity contribution in [3.8, 4) is 0 Å². The number of hydrogen-bond donors (Lipinski definition) is 1. The number of aliphatic carboxylic acids is 1. The Kier molecular flexibility index (Phi) is 5.81. The van der Waals surface area contributed by atoms with Crippen molar-refractivity contribution in [3.63, 3.8) is 0 Å². The number of unbranched alkanes of at least 4 members (excludes halogenated alkanes) is 1. The van der Waals surface area contributed by atoms with E-state index in [9.17, 15) is 19.5 Å². The molecule has 0 fully saturated rings. The van der Waals surface area contributed by atoms with Crippen LogP contribution in [0, 0.1) is 0 Å². The van der Waals surface area contributed by atoms with E-state index in [0.717, 1.165) is 33.9 Å². The van der Waals surface area contributed by atoms with Crippen LogP contribution in [0.15, 0.2) is 64.3 Å². The molecule has 0 amide bonds. The Morgan fingerprint density at radius 1 is 1.03 bits per heavy atom. The van der Waals surface area contributed by atoms with Gasteiger partial charge in [-0.3, -0.25) is 14.2 Å². The van der Waals surface area contributed by atoms with E-state index in [-0.39, 0.29) is 6.54 Å². The summed E-state index contributed by atoms with van der Waals surface area (Å²) in [4.78, 5) is 37.9. The standard InChI is InChI=1S/C25H25N3O4/c1-3-4-5-9-17-10-8-13-21-23(17)24(31)28(16-22(29)30)25(32)27(21)15-18-14-26(2)20-12-7-6-11-19(18)20/h5-14H,3-4,15-16H2,1-2H3,(H,29,30). The Bertz CT molecular complexity index is 1470. The summed E-state index contributed by atoms with van der Waals surface area (Å²) >= 11 is 0. The summed E-state index contributed by atoms with van der Waals surface area (Å²) in [6, 6.07) is 13.3. The fraction of sp³-hybridized carbons (Fsp3) is 0.240. The van der Waals surface area contributed by atoms with Crippen LogP contribution in [-0.4, -0.2) is 24.8 Å². The molecule has 0 saturated carbocycles. The molecule has 0 saturated heterocycles. The van der Waals surface area contributed by atoms with Crippen LogP contribution in [-0.2, 0) is 24.9 Å². The maximum absolute atomic E-state index is 13.3. The summed E-state index contributed by atoms with van der Waals surface area (Å²) in [5.74, 6) is -1.24. The number of benzene rings is 2. The first-order valence-electron chi connectivity index (χ1n) is 10.6. The highest BCUT2D eigenvalue weighted by atomic mass is 16.4. The third-order valence-corrected chi connectivity index (χ3v) is 5.64. The van der Waals surface area contributed by atoms with Gasteiger partial charge in [0.1, 0.15) is 6.54 Å². The largest absolute Gasteiger partial charge is 0.480 e. The van der Waals surface area contributed by atoms with E-state index in [0.29, 0.717) is 16.5 Å². The SMILES string of the molecule is CCCC=Cc1cccc2c1c(=O)n(CC(=O)O)c(=O)n2Cc1cn(C)c2ccccc12. The third-order valence-electron chi connectivity index (χ3n) is 5.64. The number of para-hydroxylation sites is 1. The van der Waals surface area contributed by atoms with Crippen molar-refractivity contribution < 1.29 is 9.90 Å². The number of hydrogen-bond acceptors (Lipinski definition) is 3. The first kappa shape index (κ1) is 21.4. The van der Waals surface area contributed by atoms with Crippen LogP contribution < -0.4 is 11.2 Å². The molecular formula is C25H25N3O4. The van der Waals surface area contributed by atoms with E-state index >= 15 is 0 Å². The number of allylic oxidation sites excluding steroid dienone is 1. The monoisotopic (exact) mass is 431 g/mol. The summed E-state index contributed by atoms with van der Waals surface area (Å²) in [6.45, 7) is 1.60. The molecule has 0 radical (unpaired) electrons. The molecular weight excluding hydrogens is 406 g/mol. The molecule has 32 heavy (non-hydrogen) atoms. The van der Waals surface area contributed by atoms with Gasteiger partial charge in [-0.1, -0.05) is 55.8 Å². The van der Waals surface area contributed by atoms with Gasteiger partial charge < -0.3 is 9.67 Å². The topological polar surface area (TPSA) is 86.2 Å². The Morgan fingerprint density at radius 2 is 1.78 bits per heavy atom. The van der Waals surface area contributed by atoms with E-state index in [1.54, 1.807) is 6.07 Å². The fourth-order valence-electron chi connectivity index (χ4n) is 4.15. The summed E-state index contributed by atoms with van der Waals surface area (Å²) in [6.07, 6.45) is 7.63. The van der Waals surface area contributed by atoms with Gasteiger partial charge >= 0.3 is 11.7 Å². The zero-order valence-electron chi connectivity index (χ0n) is 18.1. The van der Waals surface area contributed by atoms with Crippen molar-refractivity contribution in [2.75, 3.05) is 0 Å².